The summed E-state index contributed by atoms with van der Waals surface area (Å²) in [4.78, 5) is 25.0. The van der Waals surface area contributed by atoms with E-state index in [2.05, 4.69) is 5.32 Å². The van der Waals surface area contributed by atoms with Crippen LogP contribution in [0, 0.1) is 0 Å². The van der Waals surface area contributed by atoms with Gasteiger partial charge in [-0.3, -0.25) is 14.5 Å². The molecule has 1 saturated heterocycles. The van der Waals surface area contributed by atoms with Crippen LogP contribution in [0.4, 0.5) is 0 Å². The topological polar surface area (TPSA) is 49.4 Å². The molecule has 2 aliphatic heterocycles. The molecule has 0 aliphatic carbocycles. The van der Waals surface area contributed by atoms with E-state index in [1.54, 1.807) is 10.8 Å². The van der Waals surface area contributed by atoms with Crippen molar-refractivity contribution in [1.29, 1.82) is 0 Å². The highest BCUT2D eigenvalue weighted by Gasteiger charge is 2.42. The van der Waals surface area contributed by atoms with Crippen molar-refractivity contribution in [2.75, 3.05) is 13.1 Å². The van der Waals surface area contributed by atoms with Gasteiger partial charge in [0.05, 0.1) is 17.2 Å². The van der Waals surface area contributed by atoms with Crippen LogP contribution in [0.15, 0.2) is 10.8 Å². The maximum atomic E-state index is 11.8. The zero-order valence-corrected chi connectivity index (χ0v) is 8.13. The summed E-state index contributed by atoms with van der Waals surface area (Å²) in [5, 5.41) is 6.56. The van der Waals surface area contributed by atoms with Crippen LogP contribution < -0.4 is 5.32 Å². The molecule has 0 saturated carbocycles. The summed E-state index contributed by atoms with van der Waals surface area (Å²) in [5.41, 5.74) is 1.15. The summed E-state index contributed by atoms with van der Waals surface area (Å²) in [6.45, 7) is 1.45. The Bertz CT molecular complexity index is 392. The third-order valence-corrected chi connectivity index (χ3v) is 3.43. The fourth-order valence-corrected chi connectivity index (χ4v) is 2.56. The quantitative estimate of drug-likeness (QED) is 0.676. The first-order valence-electron chi connectivity index (χ1n) is 4.44. The number of hydrogen-bond acceptors (Lipinski definition) is 4. The zero-order valence-electron chi connectivity index (χ0n) is 7.32. The molecule has 1 aromatic rings. The molecule has 0 aromatic carbocycles. The van der Waals surface area contributed by atoms with E-state index in [0.717, 1.165) is 13.1 Å². The lowest BCUT2D eigenvalue weighted by atomic mass is 10.1. The highest BCUT2D eigenvalue weighted by Crippen LogP contribution is 2.28. The van der Waals surface area contributed by atoms with Crippen LogP contribution in [0.5, 0.6) is 0 Å². The van der Waals surface area contributed by atoms with Crippen LogP contribution >= 0.6 is 11.3 Å². The van der Waals surface area contributed by atoms with Crippen LogP contribution in [-0.2, 0) is 0 Å². The third-order valence-electron chi connectivity index (χ3n) is 2.69. The fourth-order valence-electron chi connectivity index (χ4n) is 1.77. The van der Waals surface area contributed by atoms with E-state index >= 15 is 0 Å². The van der Waals surface area contributed by atoms with Gasteiger partial charge in [0.25, 0.3) is 11.8 Å². The van der Waals surface area contributed by atoms with Gasteiger partial charge < -0.3 is 5.32 Å². The highest BCUT2D eigenvalue weighted by atomic mass is 32.1. The van der Waals surface area contributed by atoms with Crippen molar-refractivity contribution in [3.8, 4) is 0 Å². The molecule has 0 spiro atoms. The minimum atomic E-state index is -0.127. The number of amides is 2. The van der Waals surface area contributed by atoms with Crippen molar-refractivity contribution in [3.63, 3.8) is 0 Å². The van der Waals surface area contributed by atoms with Gasteiger partial charge in [-0.15, -0.1) is 0 Å². The predicted octanol–water partition coefficient (Wildman–Crippen LogP) is 0.316. The Balaban J connectivity index is 2.01. The molecule has 1 N–H and O–H groups in total. The van der Waals surface area contributed by atoms with Crippen molar-refractivity contribution in [3.05, 3.63) is 21.9 Å². The maximum absolute atomic E-state index is 11.8. The minimum absolute atomic E-state index is 0.0624. The van der Waals surface area contributed by atoms with Gasteiger partial charge in [-0.25, -0.2) is 0 Å². The Labute approximate surface area is 84.5 Å². The second kappa shape index (κ2) is 2.65. The number of carbonyl (C=O) groups is 2. The fraction of sp³-hybridized carbons (Fsp3) is 0.333. The van der Waals surface area contributed by atoms with Crippen LogP contribution in [-0.4, -0.2) is 35.8 Å². The number of nitrogens with one attached hydrogen (secondary N) is 1. The second-order valence-corrected chi connectivity index (χ2v) is 4.24. The van der Waals surface area contributed by atoms with Gasteiger partial charge in [0.1, 0.15) is 0 Å². The molecule has 2 aliphatic rings. The summed E-state index contributed by atoms with van der Waals surface area (Å²) in [7, 11) is 0. The average Bonchev–Trinajstić information content (AvgIpc) is 2.62. The molecule has 0 bridgehead atoms. The predicted molar refractivity (Wildman–Crippen MR) is 51.5 cm³/mol. The first kappa shape index (κ1) is 8.14. The molecule has 1 aromatic heterocycles. The lowest BCUT2D eigenvalue weighted by Crippen LogP contribution is -2.58. The van der Waals surface area contributed by atoms with Gasteiger partial charge in [0, 0.05) is 23.8 Å². The van der Waals surface area contributed by atoms with Crippen molar-refractivity contribution < 1.29 is 9.59 Å². The summed E-state index contributed by atoms with van der Waals surface area (Å²) in [6.07, 6.45) is 0. The molecular formula is C9H8N2O2S. The van der Waals surface area contributed by atoms with Gasteiger partial charge in [-0.2, -0.15) is 11.3 Å². The number of imide groups is 1. The number of hydrogen-bond donors (Lipinski definition) is 1. The van der Waals surface area contributed by atoms with Crippen molar-refractivity contribution in [2.24, 2.45) is 0 Å². The zero-order chi connectivity index (χ0) is 9.71. The number of rotatable bonds is 1. The Morgan fingerprint density at radius 3 is 2.21 bits per heavy atom. The summed E-state index contributed by atoms with van der Waals surface area (Å²) >= 11 is 1.40. The van der Waals surface area contributed by atoms with Crippen LogP contribution in [0.2, 0.25) is 0 Å². The molecule has 3 rings (SSSR count). The first-order valence-corrected chi connectivity index (χ1v) is 5.38. The largest absolute Gasteiger partial charge is 0.313 e. The van der Waals surface area contributed by atoms with Crippen molar-refractivity contribution in [1.82, 2.24) is 10.2 Å². The van der Waals surface area contributed by atoms with Gasteiger partial charge in [-0.1, -0.05) is 0 Å². The first-order chi connectivity index (χ1) is 6.79. The van der Waals surface area contributed by atoms with E-state index in [-0.39, 0.29) is 17.9 Å². The van der Waals surface area contributed by atoms with Gasteiger partial charge in [0.15, 0.2) is 0 Å². The number of fused-ring (bicyclic) bond motifs is 1. The third kappa shape index (κ3) is 0.856. The SMILES string of the molecule is O=C1c2cscc2C(=O)N1C1CNC1. The average molecular weight is 208 g/mol. The van der Waals surface area contributed by atoms with E-state index in [0.29, 0.717) is 11.1 Å². The Morgan fingerprint density at radius 1 is 1.21 bits per heavy atom. The monoisotopic (exact) mass is 208 g/mol. The molecule has 0 unspecified atom stereocenters. The maximum Gasteiger partial charge on any atom is 0.262 e. The number of nitrogens with zero attached hydrogens (tertiary/aromatic N) is 1. The van der Waals surface area contributed by atoms with Crippen LogP contribution in [0.3, 0.4) is 0 Å². The van der Waals surface area contributed by atoms with E-state index in [1.165, 1.54) is 16.2 Å². The summed E-state index contributed by atoms with van der Waals surface area (Å²) in [5.74, 6) is -0.254. The molecule has 72 valence electrons. The molecule has 1 fully saturated rings. The van der Waals surface area contributed by atoms with E-state index < -0.39 is 0 Å². The van der Waals surface area contributed by atoms with Crippen LogP contribution in [0.25, 0.3) is 0 Å². The van der Waals surface area contributed by atoms with Gasteiger partial charge >= 0.3 is 0 Å². The molecule has 0 radical (unpaired) electrons. The van der Waals surface area contributed by atoms with E-state index in [4.69, 9.17) is 0 Å². The Kier molecular flexibility index (Phi) is 1.54. The van der Waals surface area contributed by atoms with Crippen molar-refractivity contribution >= 4 is 23.2 Å². The molecule has 0 atom stereocenters. The standard InChI is InChI=1S/C9H8N2O2S/c12-8-6-3-14-4-7(6)9(13)11(8)5-1-10-2-5/h3-5,10H,1-2H2. The number of carbonyl (C=O) groups excluding carboxylic acids is 2. The van der Waals surface area contributed by atoms with E-state index in [9.17, 15) is 9.59 Å². The molecule has 4 nitrogen and oxygen atoms in total. The van der Waals surface area contributed by atoms with E-state index in [1.807, 2.05) is 0 Å². The normalized spacial score (nSPS) is 21.3. The molecule has 5 heteroatoms. The lowest BCUT2D eigenvalue weighted by Gasteiger charge is -2.33. The minimum Gasteiger partial charge on any atom is -0.313 e. The summed E-state index contributed by atoms with van der Waals surface area (Å²) in [6, 6.07) is 0.0624. The Morgan fingerprint density at radius 2 is 1.79 bits per heavy atom. The molecule has 14 heavy (non-hydrogen) atoms. The number of thiophene rings is 1. The molecular weight excluding hydrogens is 200 g/mol. The smallest absolute Gasteiger partial charge is 0.262 e. The van der Waals surface area contributed by atoms with Gasteiger partial charge in [-0.05, 0) is 0 Å². The van der Waals surface area contributed by atoms with Crippen LogP contribution in [0.1, 0.15) is 20.7 Å². The Hall–Kier alpha value is -1.20. The lowest BCUT2D eigenvalue weighted by molar-refractivity contribution is 0.0534. The summed E-state index contributed by atoms with van der Waals surface area (Å²) < 4.78 is 0. The highest BCUT2D eigenvalue weighted by molar-refractivity contribution is 7.08. The molecule has 3 heterocycles. The van der Waals surface area contributed by atoms with Crippen molar-refractivity contribution in [2.45, 2.75) is 6.04 Å². The van der Waals surface area contributed by atoms with Gasteiger partial charge in [0.2, 0.25) is 0 Å². The molecule has 2 amide bonds. The second-order valence-electron chi connectivity index (χ2n) is 3.49.